The van der Waals surface area contributed by atoms with E-state index in [9.17, 15) is 4.79 Å². The topological polar surface area (TPSA) is 54.0 Å². The van der Waals surface area contributed by atoms with E-state index in [0.717, 1.165) is 16.3 Å². The molecule has 1 aromatic heterocycles. The Morgan fingerprint density at radius 3 is 3.11 bits per heavy atom. The van der Waals surface area contributed by atoms with Gasteiger partial charge in [0.25, 0.3) is 0 Å². The van der Waals surface area contributed by atoms with E-state index in [4.69, 9.17) is 0 Å². The van der Waals surface area contributed by atoms with E-state index in [-0.39, 0.29) is 12.5 Å². The summed E-state index contributed by atoms with van der Waals surface area (Å²) in [6.07, 6.45) is 3.49. The predicted octanol–water partition coefficient (Wildman–Crippen LogP) is 2.52. The summed E-state index contributed by atoms with van der Waals surface area (Å²) in [6.45, 7) is 4.47. The molecule has 0 unspecified atom stereocenters. The van der Waals surface area contributed by atoms with Crippen LogP contribution in [0.2, 0.25) is 0 Å². The van der Waals surface area contributed by atoms with Crippen molar-refractivity contribution in [2.24, 2.45) is 0 Å². The lowest BCUT2D eigenvalue weighted by atomic mass is 10.2. The van der Waals surface area contributed by atoms with Crippen molar-refractivity contribution in [3.05, 3.63) is 48.5 Å². The molecule has 0 saturated carbocycles. The van der Waals surface area contributed by atoms with Gasteiger partial charge in [-0.15, -0.1) is 17.9 Å². The molecule has 0 radical (unpaired) electrons. The molecule has 0 fully saturated rings. The van der Waals surface area contributed by atoms with Crippen LogP contribution in [0, 0.1) is 0 Å². The average molecular weight is 273 g/mol. The summed E-state index contributed by atoms with van der Waals surface area (Å²) in [4.78, 5) is 15.9. The van der Waals surface area contributed by atoms with Gasteiger partial charge < -0.3 is 10.6 Å². The Kier molecular flexibility index (Phi) is 4.83. The molecule has 0 spiro atoms. The van der Waals surface area contributed by atoms with Crippen molar-refractivity contribution in [2.45, 2.75) is 0 Å². The first-order valence-electron chi connectivity index (χ1n) is 5.91. The van der Waals surface area contributed by atoms with Crippen molar-refractivity contribution in [1.29, 1.82) is 0 Å². The minimum atomic E-state index is -0.0712. The van der Waals surface area contributed by atoms with Gasteiger partial charge in [-0.3, -0.25) is 4.79 Å². The van der Waals surface area contributed by atoms with Gasteiger partial charge in [0, 0.05) is 29.4 Å². The number of anilines is 1. The molecule has 0 saturated heterocycles. The molecule has 4 nitrogen and oxygen atoms in total. The number of amides is 1. The van der Waals surface area contributed by atoms with Crippen LogP contribution in [-0.4, -0.2) is 24.0 Å². The van der Waals surface area contributed by atoms with E-state index in [1.54, 1.807) is 23.6 Å². The average Bonchev–Trinajstić information content (AvgIpc) is 2.93. The Hall–Kier alpha value is -1.98. The van der Waals surface area contributed by atoms with Gasteiger partial charge in [-0.25, -0.2) is 4.98 Å². The lowest BCUT2D eigenvalue weighted by molar-refractivity contribution is -0.115. The van der Waals surface area contributed by atoms with E-state index in [2.05, 4.69) is 22.2 Å². The number of nitrogens with zero attached hydrogens (tertiary/aromatic N) is 1. The SMILES string of the molecule is C=CCNCC(=O)Nc1cccc(-c2nccs2)c1. The molecule has 0 atom stereocenters. The van der Waals surface area contributed by atoms with Crippen LogP contribution in [0.15, 0.2) is 48.5 Å². The Morgan fingerprint density at radius 2 is 2.37 bits per heavy atom. The molecule has 1 heterocycles. The maximum atomic E-state index is 11.7. The van der Waals surface area contributed by atoms with Gasteiger partial charge in [-0.2, -0.15) is 0 Å². The summed E-state index contributed by atoms with van der Waals surface area (Å²) in [5.41, 5.74) is 1.78. The quantitative estimate of drug-likeness (QED) is 0.628. The number of aromatic nitrogens is 1. The van der Waals surface area contributed by atoms with Crippen molar-refractivity contribution in [1.82, 2.24) is 10.3 Å². The van der Waals surface area contributed by atoms with Crippen molar-refractivity contribution in [3.8, 4) is 10.6 Å². The first-order valence-corrected chi connectivity index (χ1v) is 6.79. The molecule has 2 rings (SSSR count). The lowest BCUT2D eigenvalue weighted by Crippen LogP contribution is -2.28. The third kappa shape index (κ3) is 4.01. The molecule has 0 aliphatic heterocycles. The summed E-state index contributed by atoms with van der Waals surface area (Å²) in [5, 5.41) is 8.68. The summed E-state index contributed by atoms with van der Waals surface area (Å²) < 4.78 is 0. The zero-order valence-electron chi connectivity index (χ0n) is 10.4. The maximum Gasteiger partial charge on any atom is 0.238 e. The highest BCUT2D eigenvalue weighted by Gasteiger charge is 2.04. The number of hydrogen-bond donors (Lipinski definition) is 2. The molecule has 1 amide bonds. The third-order valence-corrected chi connectivity index (χ3v) is 3.22. The first kappa shape index (κ1) is 13.5. The van der Waals surface area contributed by atoms with Crippen molar-refractivity contribution in [3.63, 3.8) is 0 Å². The largest absolute Gasteiger partial charge is 0.325 e. The molecular formula is C14H15N3OS. The van der Waals surface area contributed by atoms with Gasteiger partial charge in [-0.05, 0) is 12.1 Å². The normalized spacial score (nSPS) is 10.1. The standard InChI is InChI=1S/C14H15N3OS/c1-2-6-15-10-13(18)17-12-5-3-4-11(9-12)14-16-7-8-19-14/h2-5,7-9,15H,1,6,10H2,(H,17,18). The Bertz CT molecular complexity index is 552. The van der Waals surface area contributed by atoms with Gasteiger partial charge in [0.2, 0.25) is 5.91 Å². The maximum absolute atomic E-state index is 11.7. The van der Waals surface area contributed by atoms with E-state index in [1.165, 1.54) is 0 Å². The van der Waals surface area contributed by atoms with Crippen LogP contribution < -0.4 is 10.6 Å². The highest BCUT2D eigenvalue weighted by atomic mass is 32.1. The van der Waals surface area contributed by atoms with Crippen LogP contribution in [-0.2, 0) is 4.79 Å². The molecule has 5 heteroatoms. The summed E-state index contributed by atoms with van der Waals surface area (Å²) >= 11 is 1.57. The zero-order chi connectivity index (χ0) is 13.5. The molecule has 19 heavy (non-hydrogen) atoms. The van der Waals surface area contributed by atoms with Gasteiger partial charge in [0.15, 0.2) is 0 Å². The van der Waals surface area contributed by atoms with Gasteiger partial charge in [-0.1, -0.05) is 18.2 Å². The zero-order valence-corrected chi connectivity index (χ0v) is 11.2. The highest BCUT2D eigenvalue weighted by molar-refractivity contribution is 7.13. The number of carbonyl (C=O) groups is 1. The molecule has 0 aliphatic carbocycles. The van der Waals surface area contributed by atoms with Crippen molar-refractivity contribution < 1.29 is 4.79 Å². The summed E-state index contributed by atoms with van der Waals surface area (Å²) in [7, 11) is 0. The molecular weight excluding hydrogens is 258 g/mol. The minimum Gasteiger partial charge on any atom is -0.325 e. The van der Waals surface area contributed by atoms with E-state index < -0.39 is 0 Å². The number of hydrogen-bond acceptors (Lipinski definition) is 4. The number of benzene rings is 1. The van der Waals surface area contributed by atoms with Crippen LogP contribution in [0.4, 0.5) is 5.69 Å². The van der Waals surface area contributed by atoms with E-state index in [0.29, 0.717) is 6.54 Å². The lowest BCUT2D eigenvalue weighted by Gasteiger charge is -2.06. The highest BCUT2D eigenvalue weighted by Crippen LogP contribution is 2.24. The number of nitrogens with one attached hydrogen (secondary N) is 2. The number of carbonyl (C=O) groups excluding carboxylic acids is 1. The van der Waals surface area contributed by atoms with Gasteiger partial charge >= 0.3 is 0 Å². The Morgan fingerprint density at radius 1 is 1.47 bits per heavy atom. The summed E-state index contributed by atoms with van der Waals surface area (Å²) in [6, 6.07) is 7.67. The monoisotopic (exact) mass is 273 g/mol. The van der Waals surface area contributed by atoms with Crippen molar-refractivity contribution >= 4 is 22.9 Å². The van der Waals surface area contributed by atoms with Gasteiger partial charge in [0.1, 0.15) is 5.01 Å². The predicted molar refractivity (Wildman–Crippen MR) is 79.2 cm³/mol. The molecule has 1 aromatic carbocycles. The van der Waals surface area contributed by atoms with Crippen LogP contribution in [0.25, 0.3) is 10.6 Å². The van der Waals surface area contributed by atoms with Crippen molar-refractivity contribution in [2.75, 3.05) is 18.4 Å². The third-order valence-electron chi connectivity index (χ3n) is 2.40. The van der Waals surface area contributed by atoms with E-state index in [1.807, 2.05) is 29.6 Å². The smallest absolute Gasteiger partial charge is 0.238 e. The molecule has 0 bridgehead atoms. The van der Waals surface area contributed by atoms with Crippen LogP contribution >= 0.6 is 11.3 Å². The van der Waals surface area contributed by atoms with Crippen LogP contribution in [0.5, 0.6) is 0 Å². The number of thiazole rings is 1. The fourth-order valence-corrected chi connectivity index (χ4v) is 2.22. The Balaban J connectivity index is 1.99. The molecule has 98 valence electrons. The fraction of sp³-hybridized carbons (Fsp3) is 0.143. The number of rotatable bonds is 6. The second-order valence-electron chi connectivity index (χ2n) is 3.89. The second kappa shape index (κ2) is 6.82. The molecule has 0 aliphatic rings. The summed E-state index contributed by atoms with van der Waals surface area (Å²) in [5.74, 6) is -0.0712. The van der Waals surface area contributed by atoms with E-state index >= 15 is 0 Å². The minimum absolute atomic E-state index is 0.0712. The van der Waals surface area contributed by atoms with Gasteiger partial charge in [0.05, 0.1) is 6.54 Å². The first-order chi connectivity index (χ1) is 9.29. The van der Waals surface area contributed by atoms with Crippen LogP contribution in [0.1, 0.15) is 0 Å². The van der Waals surface area contributed by atoms with Crippen LogP contribution in [0.3, 0.4) is 0 Å². The second-order valence-corrected chi connectivity index (χ2v) is 4.78. The molecule has 2 N–H and O–H groups in total. The fourth-order valence-electron chi connectivity index (χ4n) is 1.59. The molecule has 2 aromatic rings. The Labute approximate surface area is 116 Å².